The van der Waals surface area contributed by atoms with Gasteiger partial charge in [0, 0.05) is 5.56 Å². The third kappa shape index (κ3) is 6.16. The average molecular weight is 506 g/mol. The van der Waals surface area contributed by atoms with Crippen LogP contribution in [-0.2, 0) is 4.79 Å². The summed E-state index contributed by atoms with van der Waals surface area (Å²) in [6.07, 6.45) is 0.596. The third-order valence-corrected chi connectivity index (χ3v) is 4.44. The van der Waals surface area contributed by atoms with E-state index >= 15 is 0 Å². The van der Waals surface area contributed by atoms with Crippen LogP contribution >= 0.6 is 0 Å². The number of non-ortho nitro benzene ring substituents is 1. The molecule has 2 N–H and O–H groups in total. The number of nitro groups is 3. The van der Waals surface area contributed by atoms with Crippen molar-refractivity contribution in [1.82, 2.24) is 10.7 Å². The van der Waals surface area contributed by atoms with E-state index in [4.69, 9.17) is 14.2 Å². The number of methoxy groups -OCH3 is 3. The molecule has 2 aromatic carbocycles. The zero-order chi connectivity index (χ0) is 27.0. The van der Waals surface area contributed by atoms with Gasteiger partial charge in [-0.3, -0.25) is 39.9 Å². The Bertz CT molecular complexity index is 1200. The molecule has 0 saturated heterocycles. The van der Waals surface area contributed by atoms with Gasteiger partial charge < -0.3 is 19.5 Å². The quantitative estimate of drug-likeness (QED) is 0.251. The van der Waals surface area contributed by atoms with Gasteiger partial charge in [0.1, 0.15) is 0 Å². The van der Waals surface area contributed by atoms with Gasteiger partial charge >= 0.3 is 0 Å². The number of carbonyl (C=O) groups excluding carboxylic acids is 2. The topological polar surface area (TPSA) is 228 Å². The Hall–Kier alpha value is -5.35. The van der Waals surface area contributed by atoms with Crippen LogP contribution < -0.4 is 25.0 Å². The number of carbonyl (C=O) groups is 2. The van der Waals surface area contributed by atoms with Gasteiger partial charge in [-0.1, -0.05) is 0 Å². The fraction of sp³-hybridized carbons (Fsp3) is 0.211. The van der Waals surface area contributed by atoms with Crippen molar-refractivity contribution in [3.8, 4) is 17.2 Å². The lowest BCUT2D eigenvalue weighted by Crippen LogP contribution is -2.35. The van der Waals surface area contributed by atoms with Gasteiger partial charge in [-0.25, -0.2) is 5.43 Å². The maximum atomic E-state index is 12.4. The average Bonchev–Trinajstić information content (AvgIpc) is 2.85. The van der Waals surface area contributed by atoms with Crippen molar-refractivity contribution in [2.24, 2.45) is 5.10 Å². The molecule has 0 saturated carbocycles. The van der Waals surface area contributed by atoms with Crippen LogP contribution in [0.15, 0.2) is 29.4 Å². The summed E-state index contributed by atoms with van der Waals surface area (Å²) >= 11 is 0. The molecule has 2 amide bonds. The van der Waals surface area contributed by atoms with Gasteiger partial charge in [-0.05, 0) is 12.1 Å². The Balaban J connectivity index is 2.16. The predicted octanol–water partition coefficient (Wildman–Crippen LogP) is 1.32. The number of benzene rings is 2. The molecule has 0 aromatic heterocycles. The highest BCUT2D eigenvalue weighted by molar-refractivity contribution is 5.98. The molecule has 0 unspecified atom stereocenters. The van der Waals surface area contributed by atoms with Crippen molar-refractivity contribution < 1.29 is 38.6 Å². The summed E-state index contributed by atoms with van der Waals surface area (Å²) in [4.78, 5) is 54.7. The first-order valence-corrected chi connectivity index (χ1v) is 9.55. The number of nitrogens with one attached hydrogen (secondary N) is 2. The van der Waals surface area contributed by atoms with E-state index in [1.54, 1.807) is 0 Å². The molecule has 0 fully saturated rings. The van der Waals surface area contributed by atoms with Crippen molar-refractivity contribution in [2.45, 2.75) is 0 Å². The van der Waals surface area contributed by atoms with Gasteiger partial charge in [0.15, 0.2) is 17.1 Å². The molecule has 0 aliphatic carbocycles. The summed E-state index contributed by atoms with van der Waals surface area (Å²) in [6, 6.07) is 3.74. The Labute approximate surface area is 201 Å². The minimum atomic E-state index is -1.07. The molecule has 0 radical (unpaired) electrons. The minimum absolute atomic E-state index is 0.0675. The van der Waals surface area contributed by atoms with Crippen LogP contribution in [0.1, 0.15) is 15.9 Å². The maximum absolute atomic E-state index is 12.4. The van der Waals surface area contributed by atoms with Gasteiger partial charge in [0.05, 0.1) is 61.0 Å². The monoisotopic (exact) mass is 506 g/mol. The molecule has 17 heteroatoms. The highest BCUT2D eigenvalue weighted by atomic mass is 16.6. The second-order valence-electron chi connectivity index (χ2n) is 6.56. The van der Waals surface area contributed by atoms with Gasteiger partial charge in [-0.15, -0.1) is 0 Å². The first-order chi connectivity index (χ1) is 17.0. The van der Waals surface area contributed by atoms with Crippen molar-refractivity contribution >= 4 is 35.1 Å². The summed E-state index contributed by atoms with van der Waals surface area (Å²) in [6.45, 7) is -0.600. The second-order valence-corrected chi connectivity index (χ2v) is 6.56. The molecule has 17 nitrogen and oxygen atoms in total. The van der Waals surface area contributed by atoms with E-state index in [0.717, 1.165) is 0 Å². The fourth-order valence-electron chi connectivity index (χ4n) is 2.83. The number of ether oxygens (including phenoxy) is 3. The highest BCUT2D eigenvalue weighted by Crippen LogP contribution is 2.38. The predicted molar refractivity (Wildman–Crippen MR) is 121 cm³/mol. The van der Waals surface area contributed by atoms with Crippen LogP contribution in [0.3, 0.4) is 0 Å². The first kappa shape index (κ1) is 26.9. The summed E-state index contributed by atoms with van der Waals surface area (Å²) in [5.41, 5.74) is -1.48. The van der Waals surface area contributed by atoms with Crippen molar-refractivity contribution in [3.63, 3.8) is 0 Å². The smallest absolute Gasteiger partial charge is 0.292 e. The standard InChI is InChI=1S/C19H18N6O11/c1-34-15-4-10(5-16(35-2)18(15)36-3)19(27)20-9-17(26)22-21-8-12-13(24(30)31)6-11(23(28)29)7-14(12)25(32)33/h4-8H,9H2,1-3H3,(H,20,27)(H,22,26)/b21-8+. The molecule has 36 heavy (non-hydrogen) atoms. The molecule has 0 bridgehead atoms. The number of amides is 2. The summed E-state index contributed by atoms with van der Waals surface area (Å²) in [7, 11) is 4.08. The number of rotatable bonds is 11. The highest BCUT2D eigenvalue weighted by Gasteiger charge is 2.29. The van der Waals surface area contributed by atoms with E-state index in [0.29, 0.717) is 18.3 Å². The number of nitro benzene ring substituents is 3. The van der Waals surface area contributed by atoms with Crippen LogP contribution in [0.2, 0.25) is 0 Å². The SMILES string of the molecule is COc1cc(C(=O)NCC(=O)N/N=C/c2c([N+](=O)[O-])cc([N+](=O)[O-])cc2[N+](=O)[O-])cc(OC)c1OC. The van der Waals surface area contributed by atoms with E-state index in [1.165, 1.54) is 33.5 Å². The van der Waals surface area contributed by atoms with Crippen molar-refractivity contribution in [3.05, 3.63) is 65.7 Å². The summed E-state index contributed by atoms with van der Waals surface area (Å²) < 4.78 is 15.5. The fourth-order valence-corrected chi connectivity index (χ4v) is 2.83. The number of hydrogen-bond donors (Lipinski definition) is 2. The second kappa shape index (κ2) is 11.7. The Kier molecular flexibility index (Phi) is 8.73. The largest absolute Gasteiger partial charge is 0.493 e. The lowest BCUT2D eigenvalue weighted by Gasteiger charge is -2.14. The number of hydrazone groups is 1. The van der Waals surface area contributed by atoms with Crippen molar-refractivity contribution in [1.29, 1.82) is 0 Å². The lowest BCUT2D eigenvalue weighted by atomic mass is 10.1. The van der Waals surface area contributed by atoms with E-state index in [9.17, 15) is 39.9 Å². The normalized spacial score (nSPS) is 10.4. The third-order valence-electron chi connectivity index (χ3n) is 4.44. The molecule has 0 spiro atoms. The Morgan fingerprint density at radius 1 is 0.889 bits per heavy atom. The first-order valence-electron chi connectivity index (χ1n) is 9.55. The molecule has 2 aromatic rings. The molecule has 2 rings (SSSR count). The van der Waals surface area contributed by atoms with Crippen LogP contribution in [0.25, 0.3) is 0 Å². The minimum Gasteiger partial charge on any atom is -0.493 e. The van der Waals surface area contributed by atoms with E-state index in [-0.39, 0.29) is 22.8 Å². The zero-order valence-corrected chi connectivity index (χ0v) is 18.9. The van der Waals surface area contributed by atoms with Crippen molar-refractivity contribution in [2.75, 3.05) is 27.9 Å². The molecule has 0 aliphatic heterocycles. The van der Waals surface area contributed by atoms with E-state index in [1.807, 2.05) is 5.43 Å². The van der Waals surface area contributed by atoms with E-state index < -0.39 is 55.8 Å². The molecule has 0 heterocycles. The number of nitrogens with zero attached hydrogens (tertiary/aromatic N) is 4. The molecular formula is C19H18N6O11. The molecule has 0 atom stereocenters. The van der Waals surface area contributed by atoms with Crippen LogP contribution in [0.4, 0.5) is 17.1 Å². The lowest BCUT2D eigenvalue weighted by molar-refractivity contribution is -0.403. The van der Waals surface area contributed by atoms with Gasteiger partial charge in [-0.2, -0.15) is 5.10 Å². The zero-order valence-electron chi connectivity index (χ0n) is 18.9. The maximum Gasteiger partial charge on any atom is 0.292 e. The Morgan fingerprint density at radius 3 is 1.83 bits per heavy atom. The van der Waals surface area contributed by atoms with Crippen LogP contribution in [0.5, 0.6) is 17.2 Å². The van der Waals surface area contributed by atoms with E-state index in [2.05, 4.69) is 10.4 Å². The summed E-state index contributed by atoms with van der Waals surface area (Å²) in [5, 5.41) is 39.1. The molecule has 190 valence electrons. The van der Waals surface area contributed by atoms with Crippen LogP contribution in [-0.4, -0.2) is 60.7 Å². The van der Waals surface area contributed by atoms with Gasteiger partial charge in [0.2, 0.25) is 5.75 Å². The molecular weight excluding hydrogens is 488 g/mol. The van der Waals surface area contributed by atoms with Crippen LogP contribution in [0, 0.1) is 30.3 Å². The summed E-state index contributed by atoms with van der Waals surface area (Å²) in [5.74, 6) is -0.947. The van der Waals surface area contributed by atoms with Gasteiger partial charge in [0.25, 0.3) is 28.9 Å². The molecule has 0 aliphatic rings. The number of hydrogen-bond acceptors (Lipinski definition) is 12. The Morgan fingerprint density at radius 2 is 1.42 bits per heavy atom.